The van der Waals surface area contributed by atoms with Crippen molar-refractivity contribution in [2.24, 2.45) is 0 Å². The second-order valence-electron chi connectivity index (χ2n) is 3.49. The second kappa shape index (κ2) is 5.54. The summed E-state index contributed by atoms with van der Waals surface area (Å²) in [6, 6.07) is 6.41. The van der Waals surface area contributed by atoms with Crippen LogP contribution in [0.2, 0.25) is 0 Å². The first kappa shape index (κ1) is 15.4. The summed E-state index contributed by atoms with van der Waals surface area (Å²) in [7, 11) is -4.46. The molecule has 0 saturated carbocycles. The number of rotatable bonds is 5. The number of nitrogens with one attached hydrogen (secondary N) is 1. The maximum absolute atomic E-state index is 12.6. The molecule has 1 aromatic rings. The quantitative estimate of drug-likeness (QED) is 0.841. The van der Waals surface area contributed by atoms with Gasteiger partial charge in [0.25, 0.3) is 0 Å². The molecule has 0 bridgehead atoms. The highest BCUT2D eigenvalue weighted by atomic mass is 32.2. The van der Waals surface area contributed by atoms with E-state index in [-0.39, 0.29) is 5.56 Å². The van der Waals surface area contributed by atoms with Crippen LogP contribution >= 0.6 is 0 Å². The first-order valence-electron chi connectivity index (χ1n) is 4.85. The first-order chi connectivity index (χ1) is 8.70. The van der Waals surface area contributed by atoms with Crippen LogP contribution in [-0.2, 0) is 10.0 Å². The monoisotopic (exact) mass is 296 g/mol. The smallest absolute Gasteiger partial charge is 0.207 e. The van der Waals surface area contributed by atoms with E-state index in [9.17, 15) is 26.0 Å². The van der Waals surface area contributed by atoms with E-state index in [0.717, 1.165) is 6.07 Å². The largest absolute Gasteiger partial charge is 0.320 e. The Hall–Kier alpha value is -1.66. The molecule has 0 aliphatic rings. The number of nitrogens with zero attached hydrogens (tertiary/aromatic N) is 1. The van der Waals surface area contributed by atoms with Crippen molar-refractivity contribution in [3.63, 3.8) is 0 Å². The van der Waals surface area contributed by atoms with Crippen molar-refractivity contribution in [1.29, 1.82) is 5.26 Å². The number of hydrogen-bond acceptors (Lipinski definition) is 3. The van der Waals surface area contributed by atoms with Gasteiger partial charge < -0.3 is 0 Å². The van der Waals surface area contributed by atoms with Crippen LogP contribution in [0.15, 0.2) is 29.2 Å². The van der Waals surface area contributed by atoms with Crippen LogP contribution in [0.4, 0.5) is 17.6 Å². The first-order valence-corrected chi connectivity index (χ1v) is 6.34. The van der Waals surface area contributed by atoms with Crippen LogP contribution < -0.4 is 4.72 Å². The van der Waals surface area contributed by atoms with E-state index >= 15 is 0 Å². The number of nitriles is 1. The Bertz CT molecular complexity index is 596. The van der Waals surface area contributed by atoms with Gasteiger partial charge in [-0.05, 0) is 12.1 Å². The van der Waals surface area contributed by atoms with E-state index in [2.05, 4.69) is 0 Å². The van der Waals surface area contributed by atoms with Gasteiger partial charge in [0.2, 0.25) is 10.0 Å². The summed E-state index contributed by atoms with van der Waals surface area (Å²) in [6.45, 7) is -1.74. The van der Waals surface area contributed by atoms with Gasteiger partial charge in [-0.2, -0.15) is 14.0 Å². The molecule has 19 heavy (non-hydrogen) atoms. The summed E-state index contributed by atoms with van der Waals surface area (Å²) in [5.41, 5.74) is -0.268. The lowest BCUT2D eigenvalue weighted by molar-refractivity contribution is -0.122. The molecule has 104 valence electrons. The van der Waals surface area contributed by atoms with Gasteiger partial charge in [-0.3, -0.25) is 0 Å². The zero-order valence-electron chi connectivity index (χ0n) is 9.28. The van der Waals surface area contributed by atoms with Crippen LogP contribution in [0.3, 0.4) is 0 Å². The average molecular weight is 296 g/mol. The predicted molar refractivity (Wildman–Crippen MR) is 57.3 cm³/mol. The van der Waals surface area contributed by atoms with Crippen molar-refractivity contribution in [3.05, 3.63) is 29.8 Å². The van der Waals surface area contributed by atoms with Crippen molar-refractivity contribution in [3.8, 4) is 6.07 Å². The summed E-state index contributed by atoms with van der Waals surface area (Å²) in [5, 5.41) is 8.69. The molecule has 0 unspecified atom stereocenters. The van der Waals surface area contributed by atoms with Crippen molar-refractivity contribution in [2.45, 2.75) is 17.2 Å². The molecule has 0 heterocycles. The van der Waals surface area contributed by atoms with E-state index in [1.54, 1.807) is 6.07 Å². The fourth-order valence-electron chi connectivity index (χ4n) is 1.14. The molecule has 0 radical (unpaired) electrons. The van der Waals surface area contributed by atoms with Crippen LogP contribution in [0, 0.1) is 11.3 Å². The topological polar surface area (TPSA) is 70.0 Å². The zero-order valence-corrected chi connectivity index (χ0v) is 10.1. The van der Waals surface area contributed by atoms with Crippen LogP contribution in [0.5, 0.6) is 0 Å². The summed E-state index contributed by atoms with van der Waals surface area (Å²) < 4.78 is 73.7. The molecule has 0 aliphatic heterocycles. The molecule has 1 N–H and O–H groups in total. The van der Waals surface area contributed by atoms with Crippen LogP contribution in [0.1, 0.15) is 5.56 Å². The Morgan fingerprint density at radius 3 is 2.42 bits per heavy atom. The van der Waals surface area contributed by atoms with Crippen molar-refractivity contribution in [1.82, 2.24) is 4.72 Å². The van der Waals surface area contributed by atoms with Crippen LogP contribution in [-0.4, -0.2) is 27.3 Å². The lowest BCUT2D eigenvalue weighted by Crippen LogP contribution is -2.41. The third-order valence-corrected chi connectivity index (χ3v) is 3.57. The summed E-state index contributed by atoms with van der Waals surface area (Å²) in [4.78, 5) is -0.539. The molecular formula is C10H8F4N2O2S. The minimum atomic E-state index is -4.48. The van der Waals surface area contributed by atoms with Gasteiger partial charge in [-0.25, -0.2) is 21.9 Å². The van der Waals surface area contributed by atoms with Gasteiger partial charge in [0.05, 0.1) is 17.0 Å². The molecule has 0 atom stereocenters. The van der Waals surface area contributed by atoms with Gasteiger partial charge in [0.15, 0.2) is 0 Å². The molecular weight excluding hydrogens is 288 g/mol. The van der Waals surface area contributed by atoms with Gasteiger partial charge in [-0.1, -0.05) is 12.1 Å². The number of benzene rings is 1. The fourth-order valence-corrected chi connectivity index (χ4v) is 2.34. The molecule has 4 nitrogen and oxygen atoms in total. The summed E-state index contributed by atoms with van der Waals surface area (Å²) >= 11 is 0. The minimum Gasteiger partial charge on any atom is -0.207 e. The van der Waals surface area contributed by atoms with Crippen molar-refractivity contribution >= 4 is 10.0 Å². The third kappa shape index (κ3) is 3.65. The van der Waals surface area contributed by atoms with E-state index in [4.69, 9.17) is 5.26 Å². The Labute approximate surface area is 106 Å². The Morgan fingerprint density at radius 2 is 1.89 bits per heavy atom. The van der Waals surface area contributed by atoms with Crippen molar-refractivity contribution < 1.29 is 26.0 Å². The number of sulfonamides is 1. The molecule has 0 amide bonds. The Balaban J connectivity index is 2.98. The van der Waals surface area contributed by atoms with E-state index < -0.39 is 33.8 Å². The van der Waals surface area contributed by atoms with Gasteiger partial charge >= 0.3 is 12.3 Å². The number of halogens is 4. The summed E-state index contributed by atoms with van der Waals surface area (Å²) in [5.74, 6) is -4.48. The van der Waals surface area contributed by atoms with E-state index in [1.807, 2.05) is 0 Å². The number of hydrogen-bond donors (Lipinski definition) is 1. The van der Waals surface area contributed by atoms with Gasteiger partial charge in [0.1, 0.15) is 6.07 Å². The van der Waals surface area contributed by atoms with Crippen molar-refractivity contribution in [2.75, 3.05) is 6.54 Å². The SMILES string of the molecule is N#Cc1ccccc1S(=O)(=O)NCC(F)(F)C(F)F. The Morgan fingerprint density at radius 1 is 1.32 bits per heavy atom. The molecule has 9 heteroatoms. The third-order valence-electron chi connectivity index (χ3n) is 2.11. The second-order valence-corrected chi connectivity index (χ2v) is 5.23. The molecule has 0 aliphatic carbocycles. The lowest BCUT2D eigenvalue weighted by Gasteiger charge is -2.16. The maximum atomic E-state index is 12.6. The zero-order chi connectivity index (χ0) is 14.7. The summed E-state index contributed by atoms with van der Waals surface area (Å²) in [6.07, 6.45) is -3.98. The highest BCUT2D eigenvalue weighted by Crippen LogP contribution is 2.23. The highest BCUT2D eigenvalue weighted by molar-refractivity contribution is 7.89. The van der Waals surface area contributed by atoms with Crippen LogP contribution in [0.25, 0.3) is 0 Å². The molecule has 1 rings (SSSR count). The molecule has 0 spiro atoms. The fraction of sp³-hybridized carbons (Fsp3) is 0.300. The van der Waals surface area contributed by atoms with E-state index in [1.165, 1.54) is 22.9 Å². The van der Waals surface area contributed by atoms with E-state index in [0.29, 0.717) is 0 Å². The molecule has 0 fully saturated rings. The van der Waals surface area contributed by atoms with Gasteiger partial charge in [-0.15, -0.1) is 0 Å². The average Bonchev–Trinajstić information content (AvgIpc) is 2.36. The lowest BCUT2D eigenvalue weighted by atomic mass is 10.2. The predicted octanol–water partition coefficient (Wildman–Crippen LogP) is 1.74. The maximum Gasteiger partial charge on any atom is 0.320 e. The minimum absolute atomic E-state index is 0.268. The molecule has 0 aromatic heterocycles. The standard InChI is InChI=1S/C10H8F4N2O2S/c11-9(12)10(13,14)6-16-19(17,18)8-4-2-1-3-7(8)5-15/h1-4,9,16H,6H2. The number of alkyl halides is 4. The van der Waals surface area contributed by atoms with Gasteiger partial charge in [0, 0.05) is 0 Å². The molecule has 0 saturated heterocycles. The Kier molecular flexibility index (Phi) is 4.49. The molecule has 1 aromatic carbocycles. The normalized spacial score (nSPS) is 12.4. The highest BCUT2D eigenvalue weighted by Gasteiger charge is 2.41.